The molecule has 0 aliphatic carbocycles. The van der Waals surface area contributed by atoms with Crippen molar-refractivity contribution in [2.75, 3.05) is 24.3 Å². The van der Waals surface area contributed by atoms with Gasteiger partial charge in [-0.2, -0.15) is 4.98 Å². The second-order valence-corrected chi connectivity index (χ2v) is 4.86. The van der Waals surface area contributed by atoms with Gasteiger partial charge in [0, 0.05) is 25.7 Å². The summed E-state index contributed by atoms with van der Waals surface area (Å²) < 4.78 is 0. The quantitative estimate of drug-likeness (QED) is 0.852. The lowest BCUT2D eigenvalue weighted by Gasteiger charge is -2.11. The number of aromatic nitrogens is 3. The topological polar surface area (TPSA) is 91.2 Å². The minimum absolute atomic E-state index is 0.0680. The Morgan fingerprint density at radius 3 is 2.89 bits per heavy atom. The van der Waals surface area contributed by atoms with Crippen LogP contribution in [0.3, 0.4) is 0 Å². The van der Waals surface area contributed by atoms with Gasteiger partial charge in [0.05, 0.1) is 6.54 Å². The van der Waals surface area contributed by atoms with Crippen molar-refractivity contribution < 1.29 is 9.90 Å². The lowest BCUT2D eigenvalue weighted by atomic mass is 10.5. The fourth-order valence-electron chi connectivity index (χ4n) is 1.32. The van der Waals surface area contributed by atoms with E-state index < -0.39 is 5.97 Å². The Kier molecular flexibility index (Phi) is 3.91. The molecule has 0 amide bonds. The van der Waals surface area contributed by atoms with Crippen LogP contribution in [-0.4, -0.2) is 40.1 Å². The summed E-state index contributed by atoms with van der Waals surface area (Å²) >= 11 is 1.30. The highest BCUT2D eigenvalue weighted by atomic mass is 32.1. The molecule has 0 saturated carbocycles. The highest BCUT2D eigenvalue weighted by molar-refractivity contribution is 7.09. The summed E-state index contributed by atoms with van der Waals surface area (Å²) in [5.74, 6) is 0.264. The third-order valence-electron chi connectivity index (χ3n) is 2.23. The van der Waals surface area contributed by atoms with E-state index in [0.29, 0.717) is 23.3 Å². The Balaban J connectivity index is 2.01. The number of carboxylic acids is 1. The Morgan fingerprint density at radius 1 is 1.47 bits per heavy atom. The van der Waals surface area contributed by atoms with Gasteiger partial charge in [-0.3, -0.25) is 0 Å². The number of anilines is 2. The number of hydrogen-bond acceptors (Lipinski definition) is 7. The molecular formula is C11H13N5O2S. The summed E-state index contributed by atoms with van der Waals surface area (Å²) in [7, 11) is 3.72. The number of rotatable bonds is 5. The monoisotopic (exact) mass is 279 g/mol. The maximum Gasteiger partial charge on any atom is 0.355 e. The molecule has 2 N–H and O–H groups in total. The number of carbonyl (C=O) groups is 1. The second-order valence-electron chi connectivity index (χ2n) is 3.92. The molecule has 0 saturated heterocycles. The Morgan fingerprint density at radius 2 is 2.26 bits per heavy atom. The minimum atomic E-state index is -1.01. The summed E-state index contributed by atoms with van der Waals surface area (Å²) in [6.07, 6.45) is 1.66. The van der Waals surface area contributed by atoms with Crippen LogP contribution in [0, 0.1) is 0 Å². The van der Waals surface area contributed by atoms with Crippen molar-refractivity contribution in [1.29, 1.82) is 0 Å². The number of hydrogen-bond donors (Lipinski definition) is 2. The normalized spacial score (nSPS) is 10.2. The van der Waals surface area contributed by atoms with Gasteiger partial charge >= 0.3 is 5.97 Å². The first-order valence-electron chi connectivity index (χ1n) is 5.48. The molecular weight excluding hydrogens is 266 g/mol. The molecule has 8 heteroatoms. The molecule has 19 heavy (non-hydrogen) atoms. The molecule has 2 rings (SSSR count). The zero-order chi connectivity index (χ0) is 13.8. The molecule has 0 spiro atoms. The molecule has 0 bridgehead atoms. The lowest BCUT2D eigenvalue weighted by molar-refractivity contribution is 0.0691. The highest BCUT2D eigenvalue weighted by Gasteiger charge is 2.08. The SMILES string of the molecule is CN(C)c1nccc(NCc2nc(C(=O)O)cs2)n1. The first-order chi connectivity index (χ1) is 9.06. The van der Waals surface area contributed by atoms with E-state index in [4.69, 9.17) is 5.11 Å². The van der Waals surface area contributed by atoms with Gasteiger partial charge in [-0.1, -0.05) is 0 Å². The number of thiazole rings is 1. The maximum absolute atomic E-state index is 10.7. The highest BCUT2D eigenvalue weighted by Crippen LogP contribution is 2.13. The Labute approximate surface area is 114 Å². The predicted molar refractivity (Wildman–Crippen MR) is 72.8 cm³/mol. The smallest absolute Gasteiger partial charge is 0.355 e. The summed E-state index contributed by atoms with van der Waals surface area (Å²) in [5, 5.41) is 14.1. The van der Waals surface area contributed by atoms with E-state index in [-0.39, 0.29) is 5.69 Å². The van der Waals surface area contributed by atoms with Crippen LogP contribution in [-0.2, 0) is 6.54 Å². The zero-order valence-corrected chi connectivity index (χ0v) is 11.3. The van der Waals surface area contributed by atoms with Crippen molar-refractivity contribution in [2.24, 2.45) is 0 Å². The molecule has 0 atom stereocenters. The van der Waals surface area contributed by atoms with Crippen molar-refractivity contribution >= 4 is 29.1 Å². The van der Waals surface area contributed by atoms with Crippen LogP contribution in [0.15, 0.2) is 17.6 Å². The van der Waals surface area contributed by atoms with Crippen molar-refractivity contribution in [3.8, 4) is 0 Å². The fraction of sp³-hybridized carbons (Fsp3) is 0.273. The van der Waals surface area contributed by atoms with E-state index in [9.17, 15) is 4.79 Å². The van der Waals surface area contributed by atoms with E-state index in [1.165, 1.54) is 16.7 Å². The van der Waals surface area contributed by atoms with Crippen LogP contribution in [0.4, 0.5) is 11.8 Å². The molecule has 0 unspecified atom stereocenters. The Bertz CT molecular complexity index is 584. The molecule has 2 heterocycles. The van der Waals surface area contributed by atoms with Crippen molar-refractivity contribution in [1.82, 2.24) is 15.0 Å². The van der Waals surface area contributed by atoms with E-state index in [1.54, 1.807) is 17.2 Å². The summed E-state index contributed by atoms with van der Waals surface area (Å²) in [5.41, 5.74) is 0.0680. The molecule has 0 aromatic carbocycles. The average molecular weight is 279 g/mol. The second kappa shape index (κ2) is 5.61. The van der Waals surface area contributed by atoms with Crippen LogP contribution in [0.5, 0.6) is 0 Å². The Hall–Kier alpha value is -2.22. The number of carboxylic acid groups (broad SMARTS) is 1. The van der Waals surface area contributed by atoms with Crippen molar-refractivity contribution in [3.63, 3.8) is 0 Å². The summed E-state index contributed by atoms with van der Waals surface area (Å²) in [4.78, 5) is 24.9. The molecule has 100 valence electrons. The maximum atomic E-state index is 10.7. The van der Waals surface area contributed by atoms with Crippen LogP contribution in [0.1, 0.15) is 15.5 Å². The number of nitrogens with one attached hydrogen (secondary N) is 1. The lowest BCUT2D eigenvalue weighted by Crippen LogP contribution is -2.13. The number of aromatic carboxylic acids is 1. The standard InChI is InChI=1S/C11H13N5O2S/c1-16(2)11-12-4-3-8(15-11)13-5-9-14-7(6-19-9)10(17)18/h3-4,6H,5H2,1-2H3,(H,17,18)(H,12,13,15). The molecule has 0 fully saturated rings. The van der Waals surface area contributed by atoms with Crippen molar-refractivity contribution in [2.45, 2.75) is 6.54 Å². The average Bonchev–Trinajstić information content (AvgIpc) is 2.85. The van der Waals surface area contributed by atoms with Crippen LogP contribution >= 0.6 is 11.3 Å². The summed E-state index contributed by atoms with van der Waals surface area (Å²) in [6, 6.07) is 1.75. The van der Waals surface area contributed by atoms with Gasteiger partial charge in [-0.25, -0.2) is 14.8 Å². The van der Waals surface area contributed by atoms with Crippen molar-refractivity contribution in [3.05, 3.63) is 28.3 Å². The van der Waals surface area contributed by atoms with Gasteiger partial charge in [-0.15, -0.1) is 11.3 Å². The molecule has 0 aliphatic heterocycles. The predicted octanol–water partition coefficient (Wildman–Crippen LogP) is 1.31. The minimum Gasteiger partial charge on any atom is -0.476 e. The zero-order valence-electron chi connectivity index (χ0n) is 10.5. The molecule has 0 radical (unpaired) electrons. The van der Waals surface area contributed by atoms with Gasteiger partial charge < -0.3 is 15.3 Å². The number of nitrogens with zero attached hydrogens (tertiary/aromatic N) is 4. The largest absolute Gasteiger partial charge is 0.476 e. The third kappa shape index (κ3) is 3.38. The molecule has 0 aliphatic rings. The van der Waals surface area contributed by atoms with E-state index in [1.807, 2.05) is 14.1 Å². The van der Waals surface area contributed by atoms with Crippen LogP contribution in [0.25, 0.3) is 0 Å². The van der Waals surface area contributed by atoms with Gasteiger partial charge in [0.15, 0.2) is 5.69 Å². The fourth-order valence-corrected chi connectivity index (χ4v) is 2.03. The summed E-state index contributed by atoms with van der Waals surface area (Å²) in [6.45, 7) is 0.432. The van der Waals surface area contributed by atoms with Gasteiger partial charge in [0.1, 0.15) is 10.8 Å². The molecule has 7 nitrogen and oxygen atoms in total. The first-order valence-corrected chi connectivity index (χ1v) is 6.36. The first kappa shape index (κ1) is 13.2. The molecule has 2 aromatic rings. The van der Waals surface area contributed by atoms with Gasteiger partial charge in [-0.05, 0) is 6.07 Å². The van der Waals surface area contributed by atoms with Crippen LogP contribution in [0.2, 0.25) is 0 Å². The third-order valence-corrected chi connectivity index (χ3v) is 3.08. The van der Waals surface area contributed by atoms with E-state index >= 15 is 0 Å². The van der Waals surface area contributed by atoms with E-state index in [2.05, 4.69) is 20.3 Å². The van der Waals surface area contributed by atoms with E-state index in [0.717, 1.165) is 0 Å². The van der Waals surface area contributed by atoms with Gasteiger partial charge in [0.25, 0.3) is 0 Å². The van der Waals surface area contributed by atoms with Crippen LogP contribution < -0.4 is 10.2 Å². The molecule has 2 aromatic heterocycles. The van der Waals surface area contributed by atoms with Gasteiger partial charge in [0.2, 0.25) is 5.95 Å².